The van der Waals surface area contributed by atoms with Gasteiger partial charge in [0, 0.05) is 11.1 Å². The fourth-order valence-electron chi connectivity index (χ4n) is 1.17. The Kier molecular flexibility index (Phi) is 2.28. The fraction of sp³-hybridized carbons (Fsp3) is 0.125. The van der Waals surface area contributed by atoms with Crippen molar-refractivity contribution in [2.75, 3.05) is 0 Å². The number of hydrogen-bond acceptors (Lipinski definition) is 3. The first-order valence-corrected chi connectivity index (χ1v) is 5.11. The van der Waals surface area contributed by atoms with Gasteiger partial charge >= 0.3 is 0 Å². The predicted octanol–water partition coefficient (Wildman–Crippen LogP) is 2.87. The molecule has 0 aliphatic carbocycles. The SMILES string of the molecule is O=C1SC(O)c2cc(Cl)c(Cl)cc21. The number of fused-ring (bicyclic) bond motifs is 1. The monoisotopic (exact) mass is 234 g/mol. The van der Waals surface area contributed by atoms with E-state index in [0.29, 0.717) is 21.2 Å². The normalized spacial score (nSPS) is 20.5. The summed E-state index contributed by atoms with van der Waals surface area (Å²) in [6, 6.07) is 3.02. The van der Waals surface area contributed by atoms with E-state index in [1.54, 1.807) is 0 Å². The van der Waals surface area contributed by atoms with Crippen LogP contribution in [0.1, 0.15) is 21.4 Å². The second-order valence-corrected chi connectivity index (χ2v) is 4.48. The van der Waals surface area contributed by atoms with Crippen LogP contribution in [0.5, 0.6) is 0 Å². The smallest absolute Gasteiger partial charge is 0.222 e. The van der Waals surface area contributed by atoms with Gasteiger partial charge in [-0.3, -0.25) is 4.79 Å². The van der Waals surface area contributed by atoms with Crippen molar-refractivity contribution in [1.82, 2.24) is 0 Å². The molecule has 1 aromatic carbocycles. The summed E-state index contributed by atoms with van der Waals surface area (Å²) in [5.41, 5.74) is 0.188. The topological polar surface area (TPSA) is 37.3 Å². The molecule has 0 radical (unpaired) electrons. The molecule has 1 aliphatic heterocycles. The van der Waals surface area contributed by atoms with Crippen molar-refractivity contribution in [3.05, 3.63) is 33.3 Å². The van der Waals surface area contributed by atoms with E-state index in [0.717, 1.165) is 11.8 Å². The van der Waals surface area contributed by atoms with Crippen molar-refractivity contribution in [1.29, 1.82) is 0 Å². The van der Waals surface area contributed by atoms with Crippen molar-refractivity contribution in [3.8, 4) is 0 Å². The third-order valence-electron chi connectivity index (χ3n) is 1.80. The van der Waals surface area contributed by atoms with Gasteiger partial charge in [-0.05, 0) is 23.9 Å². The number of carbonyl (C=O) groups is 1. The predicted molar refractivity (Wildman–Crippen MR) is 53.3 cm³/mol. The van der Waals surface area contributed by atoms with Crippen molar-refractivity contribution in [2.24, 2.45) is 0 Å². The van der Waals surface area contributed by atoms with E-state index in [4.69, 9.17) is 23.2 Å². The Labute approximate surface area is 88.8 Å². The van der Waals surface area contributed by atoms with E-state index in [1.165, 1.54) is 12.1 Å². The van der Waals surface area contributed by atoms with Crippen molar-refractivity contribution in [2.45, 2.75) is 5.44 Å². The van der Waals surface area contributed by atoms with Crippen LogP contribution in [0.25, 0.3) is 0 Å². The molecule has 0 aromatic heterocycles. The van der Waals surface area contributed by atoms with E-state index in [-0.39, 0.29) is 5.12 Å². The van der Waals surface area contributed by atoms with Crippen molar-refractivity contribution in [3.63, 3.8) is 0 Å². The molecule has 2 rings (SSSR count). The summed E-state index contributed by atoms with van der Waals surface area (Å²) < 4.78 is 0. The molecule has 2 nitrogen and oxygen atoms in total. The summed E-state index contributed by atoms with van der Waals surface area (Å²) in [6.45, 7) is 0. The Bertz CT molecular complexity index is 392. The van der Waals surface area contributed by atoms with Crippen LogP contribution in [0.2, 0.25) is 10.0 Å². The Morgan fingerprint density at radius 1 is 1.31 bits per heavy atom. The van der Waals surface area contributed by atoms with Gasteiger partial charge in [-0.2, -0.15) is 0 Å². The van der Waals surface area contributed by atoms with Gasteiger partial charge in [0.1, 0.15) is 5.44 Å². The van der Waals surface area contributed by atoms with E-state index in [1.807, 2.05) is 0 Å². The molecule has 0 saturated heterocycles. The van der Waals surface area contributed by atoms with E-state index >= 15 is 0 Å². The molecule has 1 heterocycles. The molecule has 0 bridgehead atoms. The highest BCUT2D eigenvalue weighted by molar-refractivity contribution is 8.14. The summed E-state index contributed by atoms with van der Waals surface area (Å²) in [4.78, 5) is 11.2. The van der Waals surface area contributed by atoms with Gasteiger partial charge in [0.15, 0.2) is 0 Å². The maximum atomic E-state index is 11.2. The molecule has 1 unspecified atom stereocenters. The largest absolute Gasteiger partial charge is 0.377 e. The zero-order valence-corrected chi connectivity index (χ0v) is 8.58. The molecule has 0 fully saturated rings. The number of carbonyl (C=O) groups excluding carboxylic acids is 1. The maximum Gasteiger partial charge on any atom is 0.222 e. The molecule has 0 saturated carbocycles. The molecule has 1 atom stereocenters. The second-order valence-electron chi connectivity index (χ2n) is 2.61. The molecule has 68 valence electrons. The van der Waals surface area contributed by atoms with Gasteiger partial charge in [0.2, 0.25) is 5.12 Å². The third kappa shape index (κ3) is 1.46. The summed E-state index contributed by atoms with van der Waals surface area (Å²) >= 11 is 12.3. The first kappa shape index (κ1) is 9.34. The van der Waals surface area contributed by atoms with Gasteiger partial charge < -0.3 is 5.11 Å². The van der Waals surface area contributed by atoms with Gasteiger partial charge in [-0.1, -0.05) is 23.2 Å². The summed E-state index contributed by atoms with van der Waals surface area (Å²) in [5, 5.41) is 9.93. The van der Waals surface area contributed by atoms with Crippen LogP contribution in [0, 0.1) is 0 Å². The van der Waals surface area contributed by atoms with Crippen LogP contribution < -0.4 is 0 Å². The van der Waals surface area contributed by atoms with Crippen molar-refractivity contribution >= 4 is 40.1 Å². The number of thioether (sulfide) groups is 1. The van der Waals surface area contributed by atoms with Gasteiger partial charge in [-0.15, -0.1) is 0 Å². The van der Waals surface area contributed by atoms with Crippen LogP contribution in [0.15, 0.2) is 12.1 Å². The average Bonchev–Trinajstić information content (AvgIpc) is 2.31. The molecule has 0 spiro atoms. The summed E-state index contributed by atoms with van der Waals surface area (Å²) in [5.74, 6) is 0. The minimum Gasteiger partial charge on any atom is -0.377 e. The molecule has 1 aromatic rings. The zero-order chi connectivity index (χ0) is 9.59. The summed E-state index contributed by atoms with van der Waals surface area (Å²) in [7, 11) is 0. The van der Waals surface area contributed by atoms with Crippen LogP contribution in [-0.2, 0) is 0 Å². The van der Waals surface area contributed by atoms with Crippen LogP contribution in [0.3, 0.4) is 0 Å². The minimum absolute atomic E-state index is 0.166. The first-order chi connectivity index (χ1) is 6.09. The number of benzene rings is 1. The minimum atomic E-state index is -0.808. The first-order valence-electron chi connectivity index (χ1n) is 3.47. The van der Waals surface area contributed by atoms with E-state index < -0.39 is 5.44 Å². The van der Waals surface area contributed by atoms with Crippen molar-refractivity contribution < 1.29 is 9.90 Å². The Balaban J connectivity index is 2.65. The van der Waals surface area contributed by atoms with Crippen LogP contribution in [-0.4, -0.2) is 10.2 Å². The van der Waals surface area contributed by atoms with E-state index in [2.05, 4.69) is 0 Å². The van der Waals surface area contributed by atoms with E-state index in [9.17, 15) is 9.90 Å². The molecule has 5 heteroatoms. The molecular formula is C8H4Cl2O2S. The second kappa shape index (κ2) is 3.17. The standard InChI is InChI=1S/C8H4Cl2O2S/c9-5-1-3-4(2-6(5)10)8(12)13-7(3)11/h1-2,7,11H. The number of rotatable bonds is 0. The van der Waals surface area contributed by atoms with Crippen LogP contribution >= 0.6 is 35.0 Å². The number of aliphatic hydroxyl groups excluding tert-OH is 1. The average molecular weight is 235 g/mol. The highest BCUT2D eigenvalue weighted by Gasteiger charge is 2.29. The van der Waals surface area contributed by atoms with Crippen LogP contribution in [0.4, 0.5) is 0 Å². The third-order valence-corrected chi connectivity index (χ3v) is 3.43. The lowest BCUT2D eigenvalue weighted by atomic mass is 10.1. The summed E-state index contributed by atoms with van der Waals surface area (Å²) in [6.07, 6.45) is 0. The Morgan fingerprint density at radius 3 is 2.62 bits per heavy atom. The zero-order valence-electron chi connectivity index (χ0n) is 6.25. The molecule has 13 heavy (non-hydrogen) atoms. The van der Waals surface area contributed by atoms with Gasteiger partial charge in [0.25, 0.3) is 0 Å². The molecule has 0 amide bonds. The molecule has 1 aliphatic rings. The Morgan fingerprint density at radius 2 is 1.92 bits per heavy atom. The lowest BCUT2D eigenvalue weighted by Gasteiger charge is -2.02. The highest BCUT2D eigenvalue weighted by Crippen LogP contribution is 2.42. The Hall–Kier alpha value is -0.220. The lowest BCUT2D eigenvalue weighted by molar-refractivity contribution is 0.109. The maximum absolute atomic E-state index is 11.2. The molecular weight excluding hydrogens is 231 g/mol. The number of aliphatic hydroxyl groups is 1. The highest BCUT2D eigenvalue weighted by atomic mass is 35.5. The number of hydrogen-bond donors (Lipinski definition) is 1. The van der Waals surface area contributed by atoms with Gasteiger partial charge in [-0.25, -0.2) is 0 Å². The lowest BCUT2D eigenvalue weighted by Crippen LogP contribution is -1.90. The quantitative estimate of drug-likeness (QED) is 0.751. The molecule has 1 N–H and O–H groups in total. The van der Waals surface area contributed by atoms with Gasteiger partial charge in [0.05, 0.1) is 10.0 Å². The fourth-order valence-corrected chi connectivity index (χ4v) is 2.34. The number of halogens is 2.